The summed E-state index contributed by atoms with van der Waals surface area (Å²) in [6.07, 6.45) is 1.86. The second kappa shape index (κ2) is 9.13. The van der Waals surface area contributed by atoms with E-state index in [4.69, 9.17) is 15.0 Å². The van der Waals surface area contributed by atoms with Crippen molar-refractivity contribution in [3.63, 3.8) is 0 Å². The maximum Gasteiger partial charge on any atom is 0.146 e. The van der Waals surface area contributed by atoms with Crippen molar-refractivity contribution in [1.82, 2.24) is 24.3 Å². The lowest BCUT2D eigenvalue weighted by Gasteiger charge is -2.21. The van der Waals surface area contributed by atoms with Crippen molar-refractivity contribution in [2.75, 3.05) is 0 Å². The Morgan fingerprint density at radius 2 is 1.17 bits per heavy atom. The van der Waals surface area contributed by atoms with Gasteiger partial charge in [-0.15, -0.1) is 0 Å². The number of aromatic nitrogens is 5. The van der Waals surface area contributed by atoms with Gasteiger partial charge < -0.3 is 4.98 Å². The van der Waals surface area contributed by atoms with Crippen LogP contribution in [0.2, 0.25) is 0 Å². The molecule has 5 heteroatoms. The van der Waals surface area contributed by atoms with Crippen molar-refractivity contribution in [2.45, 2.75) is 52.4 Å². The molecule has 0 atom stereocenters. The molecule has 9 aromatic rings. The number of nitrogens with zero attached hydrogens (tertiary/aromatic N) is 4. The molecule has 8 bridgehead atoms. The monoisotopic (exact) mass is 597 g/mol. The lowest BCUT2D eigenvalue weighted by atomic mass is 9.84. The number of rotatable bonds is 0. The maximum atomic E-state index is 5.27. The van der Waals surface area contributed by atoms with Crippen LogP contribution < -0.4 is 0 Å². The van der Waals surface area contributed by atoms with Gasteiger partial charge in [-0.2, -0.15) is 0 Å². The molecule has 0 saturated carbocycles. The van der Waals surface area contributed by atoms with E-state index in [0.29, 0.717) is 0 Å². The summed E-state index contributed by atoms with van der Waals surface area (Å²) in [6.45, 7) is 13.7. The first kappa shape index (κ1) is 27.1. The summed E-state index contributed by atoms with van der Waals surface area (Å²) < 4.78 is 2.20. The molecule has 0 unspecified atom stereocenters. The molecule has 0 spiro atoms. The highest BCUT2D eigenvalue weighted by molar-refractivity contribution is 6.22. The van der Waals surface area contributed by atoms with Crippen LogP contribution in [-0.2, 0) is 10.8 Å². The highest BCUT2D eigenvalue weighted by Crippen LogP contribution is 2.40. The molecule has 224 valence electrons. The van der Waals surface area contributed by atoms with Crippen LogP contribution >= 0.6 is 0 Å². The molecule has 6 aromatic heterocycles. The molecule has 0 aliphatic carbocycles. The number of pyridine rings is 3. The predicted octanol–water partition coefficient (Wildman–Crippen LogP) is 10.7. The van der Waals surface area contributed by atoms with Crippen molar-refractivity contribution in [2.24, 2.45) is 0 Å². The Morgan fingerprint density at radius 3 is 1.91 bits per heavy atom. The van der Waals surface area contributed by atoms with Crippen molar-refractivity contribution < 1.29 is 0 Å². The first-order chi connectivity index (χ1) is 22.0. The molecule has 3 aromatic carbocycles. The lowest BCUT2D eigenvalue weighted by Crippen LogP contribution is -2.11. The largest absolute Gasteiger partial charge is 0.353 e. The fourth-order valence-corrected chi connectivity index (χ4v) is 7.06. The minimum Gasteiger partial charge on any atom is -0.353 e. The summed E-state index contributed by atoms with van der Waals surface area (Å²) in [6, 6.07) is 32.9. The maximum absolute atomic E-state index is 5.27. The molecule has 0 amide bonds. The molecule has 46 heavy (non-hydrogen) atoms. The number of aromatic amines is 1. The number of fused-ring (bicyclic) bond motifs is 13. The zero-order valence-corrected chi connectivity index (χ0v) is 27.0. The smallest absolute Gasteiger partial charge is 0.146 e. The van der Waals surface area contributed by atoms with Crippen molar-refractivity contribution >= 4 is 82.1 Å². The number of H-pyrrole nitrogens is 1. The van der Waals surface area contributed by atoms with Gasteiger partial charge >= 0.3 is 0 Å². The third-order valence-electron chi connectivity index (χ3n) is 9.64. The van der Waals surface area contributed by atoms with Gasteiger partial charge in [-0.25, -0.2) is 15.0 Å². The van der Waals surface area contributed by atoms with Gasteiger partial charge in [0.15, 0.2) is 0 Å². The topological polar surface area (TPSA) is 58.9 Å². The zero-order valence-electron chi connectivity index (χ0n) is 27.0. The fraction of sp³-hybridized carbons (Fsp3) is 0.195. The quantitative estimate of drug-likeness (QED) is 0.189. The number of benzene rings is 3. The zero-order chi connectivity index (χ0) is 31.5. The van der Waals surface area contributed by atoms with Crippen molar-refractivity contribution in [3.05, 3.63) is 108 Å². The van der Waals surface area contributed by atoms with Crippen LogP contribution in [0, 0.1) is 0 Å². The third-order valence-corrected chi connectivity index (χ3v) is 9.64. The first-order valence-corrected chi connectivity index (χ1v) is 16.0. The molecule has 0 aliphatic heterocycles. The molecule has 6 heterocycles. The Hall–Kier alpha value is -5.29. The molecule has 0 radical (unpaired) electrons. The van der Waals surface area contributed by atoms with E-state index in [-0.39, 0.29) is 10.8 Å². The van der Waals surface area contributed by atoms with Crippen LogP contribution in [0.4, 0.5) is 0 Å². The summed E-state index contributed by atoms with van der Waals surface area (Å²) in [7, 11) is 0. The van der Waals surface area contributed by atoms with Gasteiger partial charge in [0.05, 0.1) is 33.1 Å². The van der Waals surface area contributed by atoms with E-state index < -0.39 is 0 Å². The summed E-state index contributed by atoms with van der Waals surface area (Å²) in [4.78, 5) is 19.3. The van der Waals surface area contributed by atoms with Crippen molar-refractivity contribution in [3.8, 4) is 0 Å². The third kappa shape index (κ3) is 3.91. The van der Waals surface area contributed by atoms with Gasteiger partial charge in [0, 0.05) is 38.5 Å². The average molecular weight is 598 g/mol. The van der Waals surface area contributed by atoms with Gasteiger partial charge in [0.25, 0.3) is 0 Å². The summed E-state index contributed by atoms with van der Waals surface area (Å²) in [5, 5.41) is 8.17. The van der Waals surface area contributed by atoms with Crippen LogP contribution in [0.25, 0.3) is 82.1 Å². The second-order valence-electron chi connectivity index (χ2n) is 14.7. The number of nitrogens with one attached hydrogen (secondary N) is 1. The van der Waals surface area contributed by atoms with E-state index in [1.807, 2.05) is 18.3 Å². The summed E-state index contributed by atoms with van der Waals surface area (Å²) in [5.74, 6) is 0. The first-order valence-electron chi connectivity index (χ1n) is 16.0. The predicted molar refractivity (Wildman–Crippen MR) is 194 cm³/mol. The number of hydrogen-bond acceptors (Lipinski definition) is 3. The standard InChI is InChI=1S/C41H35N5/c1-40(2,3)24-19-28-23-15-16-26-27-10-9-17-42-39(27)46(35(26)18-23)36-14-8-13-34(44-36)33-12-7-11-32(43-33)31-22-25(41(4,5)6)21-30-29(20-24)37(28)45-38(30)31/h7-22,45H,1-6H3. The molecule has 5 nitrogen and oxygen atoms in total. The van der Waals surface area contributed by atoms with Gasteiger partial charge in [0.2, 0.25) is 0 Å². The van der Waals surface area contributed by atoms with Crippen LogP contribution in [-0.4, -0.2) is 24.3 Å². The Bertz CT molecular complexity index is 2770. The van der Waals surface area contributed by atoms with E-state index in [9.17, 15) is 0 Å². The van der Waals surface area contributed by atoms with Crippen LogP contribution in [0.1, 0.15) is 52.7 Å². The van der Waals surface area contributed by atoms with Gasteiger partial charge in [-0.05, 0) is 94.1 Å². The molecular weight excluding hydrogens is 562 g/mol. The van der Waals surface area contributed by atoms with E-state index in [0.717, 1.165) is 65.9 Å². The van der Waals surface area contributed by atoms with Crippen LogP contribution in [0.3, 0.4) is 0 Å². The highest BCUT2D eigenvalue weighted by atomic mass is 15.0. The van der Waals surface area contributed by atoms with Crippen molar-refractivity contribution in [1.29, 1.82) is 0 Å². The van der Waals surface area contributed by atoms with Gasteiger partial charge in [-0.1, -0.05) is 65.8 Å². The Labute approximate surface area is 266 Å². The van der Waals surface area contributed by atoms with Crippen LogP contribution in [0.5, 0.6) is 0 Å². The Morgan fingerprint density at radius 1 is 0.543 bits per heavy atom. The summed E-state index contributed by atoms with van der Waals surface area (Å²) >= 11 is 0. The van der Waals surface area contributed by atoms with E-state index in [1.165, 1.54) is 27.3 Å². The normalized spacial score (nSPS) is 13.0. The molecule has 1 N–H and O–H groups in total. The minimum atomic E-state index is -0.0438. The Kier molecular flexibility index (Phi) is 5.37. The van der Waals surface area contributed by atoms with Crippen LogP contribution in [0.15, 0.2) is 97.2 Å². The highest BCUT2D eigenvalue weighted by Gasteiger charge is 2.22. The van der Waals surface area contributed by atoms with E-state index >= 15 is 0 Å². The minimum absolute atomic E-state index is 0.0407. The lowest BCUT2D eigenvalue weighted by molar-refractivity contribution is 0.591. The molecule has 0 fully saturated rings. The Balaban J connectivity index is 1.64. The van der Waals surface area contributed by atoms with E-state index in [1.54, 1.807) is 0 Å². The van der Waals surface area contributed by atoms with Gasteiger partial charge in [-0.3, -0.25) is 4.40 Å². The molecule has 9 rings (SSSR count). The van der Waals surface area contributed by atoms with E-state index in [2.05, 4.69) is 130 Å². The number of hydrogen-bond donors (Lipinski definition) is 1. The molecular formula is C41H35N5. The average Bonchev–Trinajstić information content (AvgIpc) is 3.58. The summed E-state index contributed by atoms with van der Waals surface area (Å²) in [5.41, 5.74) is 10.1. The fourth-order valence-electron chi connectivity index (χ4n) is 7.06. The molecule has 0 aliphatic rings. The second-order valence-corrected chi connectivity index (χ2v) is 14.7. The van der Waals surface area contributed by atoms with Gasteiger partial charge in [0.1, 0.15) is 11.3 Å². The SMILES string of the molecule is CC(C)(C)c1cc2c3ccc4c5cccnc5n(c5cccc(n5)c5cccc(n5)c5cc(C(C)(C)C)cc6c(c1)c2[nH]c56)c4c3. The molecule has 0 saturated heterocycles.